The predicted octanol–water partition coefficient (Wildman–Crippen LogP) is 4.61. The van der Waals surface area contributed by atoms with Crippen molar-refractivity contribution in [3.63, 3.8) is 0 Å². The van der Waals surface area contributed by atoms with E-state index in [9.17, 15) is 13.2 Å². The van der Waals surface area contributed by atoms with Crippen molar-refractivity contribution in [1.82, 2.24) is 5.32 Å². The number of para-hydroxylation sites is 1. The number of sulfonamides is 1. The van der Waals surface area contributed by atoms with E-state index in [2.05, 4.69) is 5.32 Å². The van der Waals surface area contributed by atoms with Crippen molar-refractivity contribution < 1.29 is 17.9 Å². The molecule has 0 radical (unpaired) electrons. The Hall–Kier alpha value is -2.25. The third-order valence-corrected chi connectivity index (χ3v) is 6.97. The lowest BCUT2D eigenvalue weighted by Gasteiger charge is -2.37. The molecule has 0 saturated heterocycles. The first kappa shape index (κ1) is 23.4. The summed E-state index contributed by atoms with van der Waals surface area (Å²) in [5.41, 5.74) is 1.81. The number of carbonyl (C=O) groups excluding carboxylic acids is 1. The van der Waals surface area contributed by atoms with Crippen LogP contribution in [-0.2, 0) is 14.8 Å². The topological polar surface area (TPSA) is 75.7 Å². The fourth-order valence-electron chi connectivity index (χ4n) is 3.91. The average molecular weight is 465 g/mol. The first-order valence-corrected chi connectivity index (χ1v) is 12.5. The van der Waals surface area contributed by atoms with E-state index in [-0.39, 0.29) is 30.5 Å². The zero-order chi connectivity index (χ0) is 22.8. The van der Waals surface area contributed by atoms with Gasteiger partial charge in [0.1, 0.15) is 11.4 Å². The molecule has 6 nitrogen and oxygen atoms in total. The Morgan fingerprint density at radius 2 is 1.94 bits per heavy atom. The third kappa shape index (κ3) is 5.71. The van der Waals surface area contributed by atoms with Crippen LogP contribution in [0, 0.1) is 6.92 Å². The SMILES string of the molecule is Cc1c(Cl)cccc1N(CCCC(=O)NC1CC(C)(C)Oc2ccccc21)S(C)(=O)=O. The second-order valence-corrected chi connectivity index (χ2v) is 10.9. The number of hydrogen-bond acceptors (Lipinski definition) is 4. The zero-order valence-electron chi connectivity index (χ0n) is 18.3. The average Bonchev–Trinajstić information content (AvgIpc) is 2.66. The number of benzene rings is 2. The summed E-state index contributed by atoms with van der Waals surface area (Å²) < 4.78 is 32.1. The molecule has 168 valence electrons. The Kier molecular flexibility index (Phi) is 6.86. The largest absolute Gasteiger partial charge is 0.487 e. The number of nitrogens with one attached hydrogen (secondary N) is 1. The van der Waals surface area contributed by atoms with Gasteiger partial charge in [-0.1, -0.05) is 35.9 Å². The molecule has 31 heavy (non-hydrogen) atoms. The van der Waals surface area contributed by atoms with Gasteiger partial charge in [-0.25, -0.2) is 8.42 Å². The summed E-state index contributed by atoms with van der Waals surface area (Å²) in [5.74, 6) is 0.664. The minimum absolute atomic E-state index is 0.117. The molecule has 3 rings (SSSR count). The highest BCUT2D eigenvalue weighted by atomic mass is 35.5. The molecule has 1 amide bonds. The molecule has 0 aliphatic carbocycles. The van der Waals surface area contributed by atoms with Crippen molar-refractivity contribution in [1.29, 1.82) is 0 Å². The molecule has 1 aliphatic rings. The first-order valence-electron chi connectivity index (χ1n) is 10.3. The molecule has 0 fully saturated rings. The Bertz CT molecular complexity index is 1070. The minimum Gasteiger partial charge on any atom is -0.487 e. The summed E-state index contributed by atoms with van der Waals surface area (Å²) in [4.78, 5) is 12.7. The van der Waals surface area contributed by atoms with Gasteiger partial charge in [0.2, 0.25) is 15.9 Å². The number of hydrogen-bond donors (Lipinski definition) is 1. The minimum atomic E-state index is -3.51. The molecule has 0 bridgehead atoms. The van der Waals surface area contributed by atoms with Crippen molar-refractivity contribution in [2.24, 2.45) is 0 Å². The molecule has 2 aromatic rings. The van der Waals surface area contributed by atoms with E-state index >= 15 is 0 Å². The summed E-state index contributed by atoms with van der Waals surface area (Å²) in [7, 11) is -3.51. The maximum Gasteiger partial charge on any atom is 0.232 e. The molecular weight excluding hydrogens is 436 g/mol. The highest BCUT2D eigenvalue weighted by molar-refractivity contribution is 7.92. The van der Waals surface area contributed by atoms with Gasteiger partial charge in [-0.2, -0.15) is 0 Å². The first-order chi connectivity index (χ1) is 14.5. The molecule has 1 aliphatic heterocycles. The normalized spacial score (nSPS) is 17.4. The van der Waals surface area contributed by atoms with E-state index in [0.29, 0.717) is 29.1 Å². The summed E-state index contributed by atoms with van der Waals surface area (Å²) in [6, 6.07) is 12.7. The van der Waals surface area contributed by atoms with E-state index in [4.69, 9.17) is 16.3 Å². The highest BCUT2D eigenvalue weighted by Gasteiger charge is 2.34. The van der Waals surface area contributed by atoms with Crippen LogP contribution in [0.1, 0.15) is 50.3 Å². The number of fused-ring (bicyclic) bond motifs is 1. The van der Waals surface area contributed by atoms with Crippen molar-refractivity contribution in [3.05, 3.63) is 58.6 Å². The van der Waals surface area contributed by atoms with E-state index in [0.717, 1.165) is 17.6 Å². The number of nitrogens with zero attached hydrogens (tertiary/aromatic N) is 1. The second kappa shape index (κ2) is 9.09. The molecule has 0 saturated carbocycles. The lowest BCUT2D eigenvalue weighted by atomic mass is 9.89. The molecule has 2 aromatic carbocycles. The van der Waals surface area contributed by atoms with Gasteiger partial charge in [0.25, 0.3) is 0 Å². The summed E-state index contributed by atoms with van der Waals surface area (Å²) in [5, 5.41) is 3.60. The van der Waals surface area contributed by atoms with Gasteiger partial charge in [-0.15, -0.1) is 0 Å². The fraction of sp³-hybridized carbons (Fsp3) is 0.435. The zero-order valence-corrected chi connectivity index (χ0v) is 19.9. The van der Waals surface area contributed by atoms with Crippen LogP contribution in [0.15, 0.2) is 42.5 Å². The van der Waals surface area contributed by atoms with Crippen LogP contribution in [0.3, 0.4) is 0 Å². The molecule has 1 N–H and O–H groups in total. The molecule has 1 atom stereocenters. The van der Waals surface area contributed by atoms with Gasteiger partial charge >= 0.3 is 0 Å². The Morgan fingerprint density at radius 3 is 2.65 bits per heavy atom. The Balaban J connectivity index is 1.66. The van der Waals surface area contributed by atoms with Crippen LogP contribution in [-0.4, -0.2) is 32.7 Å². The highest BCUT2D eigenvalue weighted by Crippen LogP contribution is 2.39. The molecule has 0 aromatic heterocycles. The van der Waals surface area contributed by atoms with Crippen LogP contribution < -0.4 is 14.4 Å². The van der Waals surface area contributed by atoms with Gasteiger partial charge < -0.3 is 10.1 Å². The summed E-state index contributed by atoms with van der Waals surface area (Å²) in [6.07, 6.45) is 2.42. The number of anilines is 1. The van der Waals surface area contributed by atoms with E-state index < -0.39 is 10.0 Å². The van der Waals surface area contributed by atoms with Crippen LogP contribution in [0.25, 0.3) is 0 Å². The standard InChI is InChI=1S/C23H29ClN2O4S/c1-16-18(24)10-7-11-20(16)26(31(4,28)29)14-8-13-22(27)25-19-15-23(2,3)30-21-12-6-5-9-17(19)21/h5-7,9-12,19H,8,13-15H2,1-4H3,(H,25,27). The lowest BCUT2D eigenvalue weighted by molar-refractivity contribution is -0.122. The molecule has 1 heterocycles. The summed E-state index contributed by atoms with van der Waals surface area (Å²) in [6.45, 7) is 5.98. The van der Waals surface area contributed by atoms with Gasteiger partial charge in [0, 0.05) is 30.0 Å². The van der Waals surface area contributed by atoms with Gasteiger partial charge in [0.05, 0.1) is 18.0 Å². The smallest absolute Gasteiger partial charge is 0.232 e. The Morgan fingerprint density at radius 1 is 1.23 bits per heavy atom. The maximum absolute atomic E-state index is 12.7. The molecular formula is C23H29ClN2O4S. The van der Waals surface area contributed by atoms with Gasteiger partial charge in [-0.05, 0) is 51.0 Å². The van der Waals surface area contributed by atoms with E-state index in [1.807, 2.05) is 38.1 Å². The number of halogens is 1. The van der Waals surface area contributed by atoms with Crippen molar-refractivity contribution >= 4 is 33.2 Å². The van der Waals surface area contributed by atoms with Gasteiger partial charge in [0.15, 0.2) is 0 Å². The summed E-state index contributed by atoms with van der Waals surface area (Å²) >= 11 is 6.17. The van der Waals surface area contributed by atoms with E-state index in [1.165, 1.54) is 4.31 Å². The monoisotopic (exact) mass is 464 g/mol. The number of ether oxygens (including phenoxy) is 1. The van der Waals surface area contributed by atoms with Crippen molar-refractivity contribution in [3.8, 4) is 5.75 Å². The van der Waals surface area contributed by atoms with Crippen LogP contribution in [0.2, 0.25) is 5.02 Å². The Labute approximate surface area is 189 Å². The molecule has 8 heteroatoms. The molecule has 0 spiro atoms. The van der Waals surface area contributed by atoms with Crippen LogP contribution >= 0.6 is 11.6 Å². The number of carbonyl (C=O) groups is 1. The molecule has 1 unspecified atom stereocenters. The van der Waals surface area contributed by atoms with Crippen LogP contribution in [0.4, 0.5) is 5.69 Å². The van der Waals surface area contributed by atoms with E-state index in [1.54, 1.807) is 25.1 Å². The van der Waals surface area contributed by atoms with Crippen molar-refractivity contribution in [2.75, 3.05) is 17.1 Å². The van der Waals surface area contributed by atoms with Crippen LogP contribution in [0.5, 0.6) is 5.75 Å². The van der Waals surface area contributed by atoms with Gasteiger partial charge in [-0.3, -0.25) is 9.10 Å². The third-order valence-electron chi connectivity index (χ3n) is 5.38. The maximum atomic E-state index is 12.7. The quantitative estimate of drug-likeness (QED) is 0.649. The van der Waals surface area contributed by atoms with Crippen molar-refractivity contribution in [2.45, 2.75) is 51.7 Å². The second-order valence-electron chi connectivity index (χ2n) is 8.55. The lowest BCUT2D eigenvalue weighted by Crippen LogP contribution is -2.41. The number of rotatable bonds is 7. The number of amides is 1. The fourth-order valence-corrected chi connectivity index (χ4v) is 5.10. The predicted molar refractivity (Wildman–Crippen MR) is 124 cm³/mol.